The summed E-state index contributed by atoms with van der Waals surface area (Å²) < 4.78 is 0. The molecule has 0 aromatic heterocycles. The number of benzene rings is 1. The predicted octanol–water partition coefficient (Wildman–Crippen LogP) is 2.30. The SMILES string of the molecule is c1ccc(C2CC3(CCN3)C2)cc1. The summed E-state index contributed by atoms with van der Waals surface area (Å²) in [5, 5.41) is 3.56. The van der Waals surface area contributed by atoms with Crippen LogP contribution in [0.3, 0.4) is 0 Å². The van der Waals surface area contributed by atoms with E-state index >= 15 is 0 Å². The fourth-order valence-electron chi connectivity index (χ4n) is 2.67. The average Bonchev–Trinajstić information content (AvgIpc) is 2.01. The fraction of sp³-hybridized carbons (Fsp3) is 0.500. The summed E-state index contributed by atoms with van der Waals surface area (Å²) in [7, 11) is 0. The van der Waals surface area contributed by atoms with Crippen molar-refractivity contribution in [2.24, 2.45) is 0 Å². The Bertz CT molecular complexity index is 292. The van der Waals surface area contributed by atoms with Gasteiger partial charge >= 0.3 is 0 Å². The van der Waals surface area contributed by atoms with E-state index in [1.807, 2.05) is 0 Å². The predicted molar refractivity (Wildman–Crippen MR) is 53.8 cm³/mol. The van der Waals surface area contributed by atoms with E-state index in [4.69, 9.17) is 0 Å². The van der Waals surface area contributed by atoms with Crippen molar-refractivity contribution in [1.82, 2.24) is 5.32 Å². The van der Waals surface area contributed by atoms with Crippen LogP contribution in [0.2, 0.25) is 0 Å². The molecule has 0 unspecified atom stereocenters. The van der Waals surface area contributed by atoms with E-state index in [9.17, 15) is 0 Å². The lowest BCUT2D eigenvalue weighted by atomic mass is 9.61. The van der Waals surface area contributed by atoms with Crippen molar-refractivity contribution < 1.29 is 0 Å². The second-order valence-electron chi connectivity index (χ2n) is 4.47. The second kappa shape index (κ2) is 2.58. The first kappa shape index (κ1) is 7.57. The zero-order valence-electron chi connectivity index (χ0n) is 7.79. The molecule has 1 heterocycles. The van der Waals surface area contributed by atoms with Gasteiger partial charge in [-0.2, -0.15) is 0 Å². The van der Waals surface area contributed by atoms with Crippen LogP contribution in [-0.4, -0.2) is 12.1 Å². The van der Waals surface area contributed by atoms with E-state index in [1.165, 1.54) is 31.4 Å². The Morgan fingerprint density at radius 3 is 2.38 bits per heavy atom. The van der Waals surface area contributed by atoms with Gasteiger partial charge in [-0.1, -0.05) is 30.3 Å². The molecule has 2 aliphatic rings. The molecule has 0 radical (unpaired) electrons. The van der Waals surface area contributed by atoms with Gasteiger partial charge in [0, 0.05) is 5.54 Å². The molecule has 1 saturated heterocycles. The Labute approximate surface area is 79.2 Å². The summed E-state index contributed by atoms with van der Waals surface area (Å²) in [6.07, 6.45) is 4.12. The lowest BCUT2D eigenvalue weighted by Crippen LogP contribution is -2.63. The van der Waals surface area contributed by atoms with Gasteiger partial charge in [0.05, 0.1) is 0 Å². The molecule has 1 aromatic rings. The molecule has 1 N–H and O–H groups in total. The summed E-state index contributed by atoms with van der Waals surface area (Å²) in [6, 6.07) is 10.9. The maximum Gasteiger partial charge on any atom is 0.0205 e. The lowest BCUT2D eigenvalue weighted by Gasteiger charge is -2.55. The normalized spacial score (nSPS) is 36.8. The summed E-state index contributed by atoms with van der Waals surface area (Å²) in [5.74, 6) is 0.828. The zero-order chi connectivity index (χ0) is 8.73. The van der Waals surface area contributed by atoms with Crippen molar-refractivity contribution in [2.45, 2.75) is 30.7 Å². The highest BCUT2D eigenvalue weighted by Crippen LogP contribution is 2.49. The molecule has 0 amide bonds. The van der Waals surface area contributed by atoms with Crippen LogP contribution in [0.5, 0.6) is 0 Å². The van der Waals surface area contributed by atoms with Crippen LogP contribution in [0.25, 0.3) is 0 Å². The molecular formula is C12H15N. The summed E-state index contributed by atoms with van der Waals surface area (Å²) in [6.45, 7) is 1.24. The highest BCUT2D eigenvalue weighted by atomic mass is 15.1. The van der Waals surface area contributed by atoms with Crippen LogP contribution < -0.4 is 5.32 Å². The van der Waals surface area contributed by atoms with Gasteiger partial charge < -0.3 is 5.32 Å². The van der Waals surface area contributed by atoms with Crippen LogP contribution >= 0.6 is 0 Å². The van der Waals surface area contributed by atoms with E-state index in [1.54, 1.807) is 0 Å². The molecule has 3 rings (SSSR count). The van der Waals surface area contributed by atoms with Crippen molar-refractivity contribution in [3.05, 3.63) is 35.9 Å². The van der Waals surface area contributed by atoms with Crippen molar-refractivity contribution in [2.75, 3.05) is 6.54 Å². The Morgan fingerprint density at radius 2 is 1.85 bits per heavy atom. The van der Waals surface area contributed by atoms with Crippen LogP contribution in [0.1, 0.15) is 30.7 Å². The minimum absolute atomic E-state index is 0.570. The van der Waals surface area contributed by atoms with Crippen LogP contribution in [-0.2, 0) is 0 Å². The van der Waals surface area contributed by atoms with E-state index < -0.39 is 0 Å². The third-order valence-electron chi connectivity index (χ3n) is 3.65. The zero-order valence-corrected chi connectivity index (χ0v) is 7.79. The third-order valence-corrected chi connectivity index (χ3v) is 3.65. The molecule has 13 heavy (non-hydrogen) atoms. The van der Waals surface area contributed by atoms with E-state index in [0.29, 0.717) is 5.54 Å². The van der Waals surface area contributed by atoms with Crippen molar-refractivity contribution in [3.63, 3.8) is 0 Å². The molecule has 1 aliphatic heterocycles. The second-order valence-corrected chi connectivity index (χ2v) is 4.47. The van der Waals surface area contributed by atoms with Crippen LogP contribution in [0.15, 0.2) is 30.3 Å². The highest BCUT2D eigenvalue weighted by molar-refractivity contribution is 5.26. The van der Waals surface area contributed by atoms with Gasteiger partial charge in [-0.3, -0.25) is 0 Å². The van der Waals surface area contributed by atoms with Gasteiger partial charge in [0.2, 0.25) is 0 Å². The lowest BCUT2D eigenvalue weighted by molar-refractivity contribution is 0.0766. The smallest absolute Gasteiger partial charge is 0.0205 e. The molecule has 1 spiro atoms. The number of nitrogens with one attached hydrogen (secondary N) is 1. The first-order valence-electron chi connectivity index (χ1n) is 5.18. The maximum absolute atomic E-state index is 3.56. The number of hydrogen-bond donors (Lipinski definition) is 1. The van der Waals surface area contributed by atoms with Crippen molar-refractivity contribution in [1.29, 1.82) is 0 Å². The highest BCUT2D eigenvalue weighted by Gasteiger charge is 2.48. The summed E-state index contributed by atoms with van der Waals surface area (Å²) in [5.41, 5.74) is 2.10. The number of rotatable bonds is 1. The molecule has 0 atom stereocenters. The first-order chi connectivity index (χ1) is 6.38. The molecule has 1 aromatic carbocycles. The van der Waals surface area contributed by atoms with E-state index in [0.717, 1.165) is 5.92 Å². The molecule has 1 saturated carbocycles. The quantitative estimate of drug-likeness (QED) is 0.687. The molecular weight excluding hydrogens is 158 g/mol. The van der Waals surface area contributed by atoms with Crippen molar-refractivity contribution in [3.8, 4) is 0 Å². The maximum atomic E-state index is 3.56. The van der Waals surface area contributed by atoms with Crippen LogP contribution in [0.4, 0.5) is 0 Å². The van der Waals surface area contributed by atoms with Gasteiger partial charge in [-0.15, -0.1) is 0 Å². The molecule has 1 aliphatic carbocycles. The fourth-order valence-corrected chi connectivity index (χ4v) is 2.67. The molecule has 0 bridgehead atoms. The topological polar surface area (TPSA) is 12.0 Å². The van der Waals surface area contributed by atoms with Gasteiger partial charge in [0.15, 0.2) is 0 Å². The third kappa shape index (κ3) is 1.11. The molecule has 1 heteroatoms. The molecule has 68 valence electrons. The minimum atomic E-state index is 0.570. The Balaban J connectivity index is 1.71. The largest absolute Gasteiger partial charge is 0.311 e. The number of hydrogen-bond acceptors (Lipinski definition) is 1. The van der Waals surface area contributed by atoms with Gasteiger partial charge in [0.25, 0.3) is 0 Å². The average molecular weight is 173 g/mol. The Hall–Kier alpha value is -0.820. The minimum Gasteiger partial charge on any atom is -0.311 e. The molecule has 2 fully saturated rings. The van der Waals surface area contributed by atoms with E-state index in [-0.39, 0.29) is 0 Å². The van der Waals surface area contributed by atoms with Gasteiger partial charge in [-0.25, -0.2) is 0 Å². The summed E-state index contributed by atoms with van der Waals surface area (Å²) >= 11 is 0. The summed E-state index contributed by atoms with van der Waals surface area (Å²) in [4.78, 5) is 0. The van der Waals surface area contributed by atoms with E-state index in [2.05, 4.69) is 35.6 Å². The van der Waals surface area contributed by atoms with Gasteiger partial charge in [0.1, 0.15) is 0 Å². The Morgan fingerprint density at radius 1 is 1.15 bits per heavy atom. The Kier molecular flexibility index (Phi) is 1.50. The first-order valence-corrected chi connectivity index (χ1v) is 5.18. The van der Waals surface area contributed by atoms with Crippen LogP contribution in [0, 0.1) is 0 Å². The van der Waals surface area contributed by atoms with Gasteiger partial charge in [-0.05, 0) is 37.3 Å². The van der Waals surface area contributed by atoms with Crippen molar-refractivity contribution >= 4 is 0 Å². The monoisotopic (exact) mass is 173 g/mol. The standard InChI is InChI=1S/C12H15N/c1-2-4-10(5-3-1)11-8-12(9-11)6-7-13-12/h1-5,11,13H,6-9H2. The molecule has 1 nitrogen and oxygen atoms in total.